The summed E-state index contributed by atoms with van der Waals surface area (Å²) in [6.45, 7) is 1.69. The molecule has 0 amide bonds. The maximum atomic E-state index is 12.2. The lowest BCUT2D eigenvalue weighted by Gasteiger charge is -2.03. The zero-order chi connectivity index (χ0) is 15.5. The first-order chi connectivity index (χ1) is 10.7. The van der Waals surface area contributed by atoms with Crippen LogP contribution in [0.2, 0.25) is 0 Å². The summed E-state index contributed by atoms with van der Waals surface area (Å²) in [7, 11) is 1.58. The highest BCUT2D eigenvalue weighted by atomic mass is 32.1. The second-order valence-corrected chi connectivity index (χ2v) is 5.41. The molecule has 0 aliphatic rings. The number of hydrogen-bond donors (Lipinski definition) is 0. The molecule has 3 rings (SSSR count). The Balaban J connectivity index is 1.80. The Morgan fingerprint density at radius 2 is 1.91 bits per heavy atom. The first kappa shape index (κ1) is 14.3. The van der Waals surface area contributed by atoms with E-state index in [1.54, 1.807) is 38.3 Å². The first-order valence-electron chi connectivity index (χ1n) is 6.55. The number of aromatic nitrogens is 1. The van der Waals surface area contributed by atoms with Gasteiger partial charge in [0, 0.05) is 0 Å². The second-order valence-electron chi connectivity index (χ2n) is 4.47. The van der Waals surface area contributed by atoms with Crippen LogP contribution in [0.25, 0.3) is 10.8 Å². The van der Waals surface area contributed by atoms with Gasteiger partial charge in [0.05, 0.1) is 12.0 Å². The Morgan fingerprint density at radius 1 is 1.18 bits per heavy atom. The van der Waals surface area contributed by atoms with Gasteiger partial charge in [-0.25, -0.2) is 9.78 Å². The lowest BCUT2D eigenvalue weighted by atomic mass is 10.3. The lowest BCUT2D eigenvalue weighted by Crippen LogP contribution is -2.10. The standard InChI is InChI=1S/C16H13NO4S/c1-10-14(17-15(20-10)13-4-3-9-22-13)16(18)21-12-7-5-11(19-2)6-8-12/h3-9H,1-2H3. The summed E-state index contributed by atoms with van der Waals surface area (Å²) in [5.41, 5.74) is 0.180. The molecule has 6 heteroatoms. The van der Waals surface area contributed by atoms with E-state index in [1.165, 1.54) is 11.3 Å². The van der Waals surface area contributed by atoms with Crippen molar-refractivity contribution in [1.82, 2.24) is 4.98 Å². The Labute approximate surface area is 131 Å². The van der Waals surface area contributed by atoms with Gasteiger partial charge in [-0.05, 0) is 42.6 Å². The van der Waals surface area contributed by atoms with Crippen molar-refractivity contribution in [3.63, 3.8) is 0 Å². The third-order valence-corrected chi connectivity index (χ3v) is 3.85. The molecular formula is C16H13NO4S. The predicted octanol–water partition coefficient (Wildman–Crippen LogP) is 3.94. The number of hydrogen-bond acceptors (Lipinski definition) is 6. The number of ether oxygens (including phenoxy) is 2. The fourth-order valence-corrected chi connectivity index (χ4v) is 2.54. The number of rotatable bonds is 4. The van der Waals surface area contributed by atoms with E-state index in [0.717, 1.165) is 4.88 Å². The van der Waals surface area contributed by atoms with E-state index in [4.69, 9.17) is 13.9 Å². The van der Waals surface area contributed by atoms with Gasteiger partial charge in [0.1, 0.15) is 17.3 Å². The van der Waals surface area contributed by atoms with Crippen LogP contribution < -0.4 is 9.47 Å². The highest BCUT2D eigenvalue weighted by molar-refractivity contribution is 7.13. The van der Waals surface area contributed by atoms with E-state index in [-0.39, 0.29) is 5.69 Å². The summed E-state index contributed by atoms with van der Waals surface area (Å²) in [6, 6.07) is 10.5. The minimum atomic E-state index is -0.547. The third-order valence-electron chi connectivity index (χ3n) is 2.99. The molecule has 0 N–H and O–H groups in total. The molecule has 1 aromatic carbocycles. The van der Waals surface area contributed by atoms with E-state index in [2.05, 4.69) is 4.98 Å². The lowest BCUT2D eigenvalue weighted by molar-refractivity contribution is 0.0727. The number of carbonyl (C=O) groups excluding carboxylic acids is 1. The zero-order valence-electron chi connectivity index (χ0n) is 12.0. The van der Waals surface area contributed by atoms with Crippen molar-refractivity contribution < 1.29 is 18.7 Å². The fourth-order valence-electron chi connectivity index (χ4n) is 1.89. The van der Waals surface area contributed by atoms with E-state index in [1.807, 2.05) is 17.5 Å². The number of oxazole rings is 1. The average molecular weight is 315 g/mol. The maximum Gasteiger partial charge on any atom is 0.366 e. The van der Waals surface area contributed by atoms with E-state index in [9.17, 15) is 4.79 Å². The van der Waals surface area contributed by atoms with Gasteiger partial charge in [0.25, 0.3) is 0 Å². The quantitative estimate of drug-likeness (QED) is 0.539. The molecule has 112 valence electrons. The Hall–Kier alpha value is -2.60. The molecule has 0 saturated carbocycles. The van der Waals surface area contributed by atoms with Crippen molar-refractivity contribution in [3.8, 4) is 22.3 Å². The molecule has 0 radical (unpaired) electrons. The molecule has 0 saturated heterocycles. The third kappa shape index (κ3) is 2.87. The monoisotopic (exact) mass is 315 g/mol. The number of aryl methyl sites for hydroxylation is 1. The smallest absolute Gasteiger partial charge is 0.366 e. The van der Waals surface area contributed by atoms with Gasteiger partial charge in [-0.3, -0.25) is 0 Å². The Bertz CT molecular complexity index is 775. The summed E-state index contributed by atoms with van der Waals surface area (Å²) in [6.07, 6.45) is 0. The second kappa shape index (κ2) is 6.03. The molecule has 0 aliphatic carbocycles. The molecule has 2 aromatic heterocycles. The van der Waals surface area contributed by atoms with Crippen LogP contribution in [0.1, 0.15) is 16.2 Å². The summed E-state index contributed by atoms with van der Waals surface area (Å²) in [4.78, 5) is 17.3. The van der Waals surface area contributed by atoms with E-state index in [0.29, 0.717) is 23.1 Å². The zero-order valence-corrected chi connectivity index (χ0v) is 12.8. The summed E-state index contributed by atoms with van der Waals surface area (Å²) >= 11 is 1.50. The van der Waals surface area contributed by atoms with Crippen LogP contribution in [0.15, 0.2) is 46.2 Å². The van der Waals surface area contributed by atoms with Gasteiger partial charge in [-0.2, -0.15) is 0 Å². The van der Waals surface area contributed by atoms with Crippen LogP contribution in [0.5, 0.6) is 11.5 Å². The van der Waals surface area contributed by atoms with Crippen molar-refractivity contribution in [1.29, 1.82) is 0 Å². The fraction of sp³-hybridized carbons (Fsp3) is 0.125. The molecule has 3 aromatic rings. The van der Waals surface area contributed by atoms with Crippen LogP contribution in [0, 0.1) is 6.92 Å². The largest absolute Gasteiger partial charge is 0.497 e. The van der Waals surface area contributed by atoms with Crippen molar-refractivity contribution in [2.24, 2.45) is 0 Å². The van der Waals surface area contributed by atoms with Crippen molar-refractivity contribution >= 4 is 17.3 Å². The Morgan fingerprint density at radius 3 is 2.55 bits per heavy atom. The molecule has 0 unspecified atom stereocenters. The Kier molecular flexibility index (Phi) is 3.93. The van der Waals surface area contributed by atoms with Crippen molar-refractivity contribution in [2.45, 2.75) is 6.92 Å². The highest BCUT2D eigenvalue weighted by Gasteiger charge is 2.20. The van der Waals surface area contributed by atoms with Crippen LogP contribution in [0.3, 0.4) is 0 Å². The first-order valence-corrected chi connectivity index (χ1v) is 7.43. The van der Waals surface area contributed by atoms with Crippen LogP contribution in [-0.2, 0) is 0 Å². The molecule has 0 fully saturated rings. The van der Waals surface area contributed by atoms with E-state index >= 15 is 0 Å². The van der Waals surface area contributed by atoms with Crippen LogP contribution in [0.4, 0.5) is 0 Å². The number of nitrogens with zero attached hydrogens (tertiary/aromatic N) is 1. The number of esters is 1. The molecule has 0 spiro atoms. The maximum absolute atomic E-state index is 12.2. The van der Waals surface area contributed by atoms with Gasteiger partial charge < -0.3 is 13.9 Å². The molecule has 0 aliphatic heterocycles. The molecule has 0 bridgehead atoms. The SMILES string of the molecule is COc1ccc(OC(=O)c2nc(-c3cccs3)oc2C)cc1. The number of carbonyl (C=O) groups is 1. The summed E-state index contributed by atoms with van der Waals surface area (Å²) in [5.74, 6) is 1.42. The van der Waals surface area contributed by atoms with Gasteiger partial charge in [-0.1, -0.05) is 6.07 Å². The molecule has 0 atom stereocenters. The van der Waals surface area contributed by atoms with Crippen LogP contribution in [-0.4, -0.2) is 18.1 Å². The minimum absolute atomic E-state index is 0.180. The number of benzene rings is 1. The van der Waals surface area contributed by atoms with Crippen LogP contribution >= 0.6 is 11.3 Å². The molecule has 22 heavy (non-hydrogen) atoms. The molecular weight excluding hydrogens is 302 g/mol. The number of thiophene rings is 1. The summed E-state index contributed by atoms with van der Waals surface area (Å²) < 4.78 is 15.9. The van der Waals surface area contributed by atoms with Gasteiger partial charge in [0.15, 0.2) is 5.69 Å². The van der Waals surface area contributed by atoms with E-state index < -0.39 is 5.97 Å². The van der Waals surface area contributed by atoms with Gasteiger partial charge in [0.2, 0.25) is 5.89 Å². The normalized spacial score (nSPS) is 10.5. The minimum Gasteiger partial charge on any atom is -0.497 e. The highest BCUT2D eigenvalue weighted by Crippen LogP contribution is 2.26. The van der Waals surface area contributed by atoms with Gasteiger partial charge >= 0.3 is 5.97 Å². The van der Waals surface area contributed by atoms with Gasteiger partial charge in [-0.15, -0.1) is 11.3 Å². The molecule has 5 nitrogen and oxygen atoms in total. The average Bonchev–Trinajstić information content (AvgIpc) is 3.17. The van der Waals surface area contributed by atoms with Crippen molar-refractivity contribution in [3.05, 3.63) is 53.2 Å². The predicted molar refractivity (Wildman–Crippen MR) is 82.5 cm³/mol. The van der Waals surface area contributed by atoms with Crippen molar-refractivity contribution in [2.75, 3.05) is 7.11 Å². The molecule has 2 heterocycles. The topological polar surface area (TPSA) is 61.6 Å². The summed E-state index contributed by atoms with van der Waals surface area (Å²) in [5, 5.41) is 1.92. The number of methoxy groups -OCH3 is 1.